The van der Waals surface area contributed by atoms with Gasteiger partial charge in [0.25, 0.3) is 0 Å². The largest absolute Gasteiger partial charge is 0.478 e. The first-order valence-electron chi connectivity index (χ1n) is 9.46. The van der Waals surface area contributed by atoms with Gasteiger partial charge in [-0.25, -0.2) is 4.79 Å². The summed E-state index contributed by atoms with van der Waals surface area (Å²) in [6, 6.07) is 15.4. The van der Waals surface area contributed by atoms with Crippen LogP contribution >= 0.6 is 0 Å². The molecule has 3 rings (SSSR count). The predicted molar refractivity (Wildman–Crippen MR) is 105 cm³/mol. The number of benzene rings is 2. The van der Waals surface area contributed by atoms with Crippen molar-refractivity contribution in [2.45, 2.75) is 38.8 Å². The molecule has 27 heavy (non-hydrogen) atoms. The van der Waals surface area contributed by atoms with E-state index in [9.17, 15) is 9.59 Å². The lowest BCUT2D eigenvalue weighted by Gasteiger charge is -2.35. The van der Waals surface area contributed by atoms with Gasteiger partial charge in [-0.05, 0) is 41.7 Å². The Morgan fingerprint density at radius 1 is 1.15 bits per heavy atom. The number of hydrogen-bond acceptors (Lipinski definition) is 3. The molecule has 0 saturated heterocycles. The summed E-state index contributed by atoms with van der Waals surface area (Å²) in [5.74, 6) is -1.05. The quantitative estimate of drug-likeness (QED) is 0.791. The number of carbonyl (C=O) groups excluding carboxylic acids is 1. The molecule has 1 amide bonds. The molecule has 1 atom stereocenters. The van der Waals surface area contributed by atoms with Crippen LogP contribution in [0.2, 0.25) is 0 Å². The summed E-state index contributed by atoms with van der Waals surface area (Å²) in [7, 11) is 0. The number of carbonyl (C=O) groups is 2. The predicted octanol–water partition coefficient (Wildman–Crippen LogP) is 2.88. The second-order valence-electron chi connectivity index (χ2n) is 7.04. The highest BCUT2D eigenvalue weighted by atomic mass is 16.4. The van der Waals surface area contributed by atoms with Gasteiger partial charge in [0.2, 0.25) is 5.91 Å². The van der Waals surface area contributed by atoms with Gasteiger partial charge in [-0.1, -0.05) is 43.3 Å². The first-order chi connectivity index (χ1) is 13.1. The molecule has 2 aromatic rings. The molecular weight excluding hydrogens is 340 g/mol. The summed E-state index contributed by atoms with van der Waals surface area (Å²) >= 11 is 0. The number of nitrogens with zero attached hydrogens (tertiary/aromatic N) is 1. The molecule has 5 nitrogen and oxygen atoms in total. The number of aromatic carboxylic acids is 1. The van der Waals surface area contributed by atoms with Crippen molar-refractivity contribution in [3.63, 3.8) is 0 Å². The maximum atomic E-state index is 12.3. The van der Waals surface area contributed by atoms with Gasteiger partial charge in [-0.15, -0.1) is 0 Å². The summed E-state index contributed by atoms with van der Waals surface area (Å²) in [4.78, 5) is 25.8. The molecule has 142 valence electrons. The molecule has 0 fully saturated rings. The molecule has 0 saturated carbocycles. The number of carboxylic acid groups (broad SMARTS) is 1. The lowest BCUT2D eigenvalue weighted by Crippen LogP contribution is -2.46. The molecule has 1 aliphatic rings. The topological polar surface area (TPSA) is 69.6 Å². The molecule has 1 aliphatic heterocycles. The molecule has 0 bridgehead atoms. The number of amides is 1. The lowest BCUT2D eigenvalue weighted by molar-refractivity contribution is -0.120. The van der Waals surface area contributed by atoms with Crippen LogP contribution in [0.25, 0.3) is 0 Å². The molecule has 0 aromatic heterocycles. The lowest BCUT2D eigenvalue weighted by atomic mass is 9.98. The third kappa shape index (κ3) is 4.95. The zero-order chi connectivity index (χ0) is 19.2. The van der Waals surface area contributed by atoms with Crippen molar-refractivity contribution < 1.29 is 14.7 Å². The van der Waals surface area contributed by atoms with Crippen LogP contribution < -0.4 is 5.32 Å². The van der Waals surface area contributed by atoms with Crippen molar-refractivity contribution in [3.05, 3.63) is 70.8 Å². The van der Waals surface area contributed by atoms with Crippen LogP contribution in [0, 0.1) is 0 Å². The van der Waals surface area contributed by atoms with Gasteiger partial charge in [-0.2, -0.15) is 0 Å². The van der Waals surface area contributed by atoms with Crippen LogP contribution in [-0.2, 0) is 24.2 Å². The first kappa shape index (κ1) is 19.1. The minimum Gasteiger partial charge on any atom is -0.478 e. The van der Waals surface area contributed by atoms with Crippen molar-refractivity contribution in [3.8, 4) is 0 Å². The zero-order valence-electron chi connectivity index (χ0n) is 15.6. The van der Waals surface area contributed by atoms with E-state index in [-0.39, 0.29) is 17.9 Å². The van der Waals surface area contributed by atoms with E-state index in [4.69, 9.17) is 5.11 Å². The van der Waals surface area contributed by atoms with E-state index in [0.29, 0.717) is 18.2 Å². The van der Waals surface area contributed by atoms with Crippen LogP contribution in [0.5, 0.6) is 0 Å². The van der Waals surface area contributed by atoms with Gasteiger partial charge in [-0.3, -0.25) is 9.69 Å². The van der Waals surface area contributed by atoms with Crippen LogP contribution in [0.1, 0.15) is 40.4 Å². The van der Waals surface area contributed by atoms with Gasteiger partial charge in [0.05, 0.1) is 12.0 Å². The fourth-order valence-electron chi connectivity index (χ4n) is 3.65. The number of fused-ring (bicyclic) bond motifs is 1. The molecule has 0 aliphatic carbocycles. The number of carboxylic acids is 1. The first-order valence-corrected chi connectivity index (χ1v) is 9.46. The smallest absolute Gasteiger partial charge is 0.335 e. The third-order valence-corrected chi connectivity index (χ3v) is 5.22. The summed E-state index contributed by atoms with van der Waals surface area (Å²) < 4.78 is 0. The highest BCUT2D eigenvalue weighted by molar-refractivity contribution is 5.88. The highest BCUT2D eigenvalue weighted by Crippen LogP contribution is 2.21. The van der Waals surface area contributed by atoms with Crippen molar-refractivity contribution in [1.29, 1.82) is 0 Å². The van der Waals surface area contributed by atoms with Gasteiger partial charge >= 0.3 is 5.97 Å². The standard InChI is InChI=1S/C22H26N2O3/c1-2-20(24-11-10-17-7-3-4-8-19(17)15-24)14-23-21(25)13-16-6-5-9-18(12-16)22(26)27/h3-9,12,20H,2,10-11,13-15H2,1H3,(H,23,25)(H,26,27). The molecule has 5 heteroatoms. The fraction of sp³-hybridized carbons (Fsp3) is 0.364. The maximum Gasteiger partial charge on any atom is 0.335 e. The molecule has 1 unspecified atom stereocenters. The number of hydrogen-bond donors (Lipinski definition) is 2. The normalized spacial score (nSPS) is 15.0. The Morgan fingerprint density at radius 3 is 2.67 bits per heavy atom. The van der Waals surface area contributed by atoms with Gasteiger partial charge < -0.3 is 10.4 Å². The van der Waals surface area contributed by atoms with E-state index in [0.717, 1.165) is 25.9 Å². The van der Waals surface area contributed by atoms with Crippen molar-refractivity contribution in [2.75, 3.05) is 13.1 Å². The summed E-state index contributed by atoms with van der Waals surface area (Å²) in [5.41, 5.74) is 3.72. The molecule has 2 N–H and O–H groups in total. The Hall–Kier alpha value is -2.66. The second-order valence-corrected chi connectivity index (χ2v) is 7.04. The van der Waals surface area contributed by atoms with E-state index in [2.05, 4.69) is 41.4 Å². The molecule has 0 radical (unpaired) electrons. The maximum absolute atomic E-state index is 12.3. The van der Waals surface area contributed by atoms with Crippen LogP contribution in [0.15, 0.2) is 48.5 Å². The van der Waals surface area contributed by atoms with E-state index in [1.54, 1.807) is 18.2 Å². The van der Waals surface area contributed by atoms with Crippen LogP contribution in [0.3, 0.4) is 0 Å². The zero-order valence-corrected chi connectivity index (χ0v) is 15.6. The minimum absolute atomic E-state index is 0.0756. The Morgan fingerprint density at radius 2 is 1.93 bits per heavy atom. The monoisotopic (exact) mass is 366 g/mol. The summed E-state index contributed by atoms with van der Waals surface area (Å²) in [6.07, 6.45) is 2.21. The Kier molecular flexibility index (Phi) is 6.24. The van der Waals surface area contributed by atoms with Crippen LogP contribution in [0.4, 0.5) is 0 Å². The molecular formula is C22H26N2O3. The fourth-order valence-corrected chi connectivity index (χ4v) is 3.65. The van der Waals surface area contributed by atoms with Gasteiger partial charge in [0.1, 0.15) is 0 Å². The minimum atomic E-state index is -0.978. The Bertz CT molecular complexity index is 819. The van der Waals surface area contributed by atoms with E-state index < -0.39 is 5.97 Å². The van der Waals surface area contributed by atoms with E-state index >= 15 is 0 Å². The second kappa shape index (κ2) is 8.82. The number of nitrogens with one attached hydrogen (secondary N) is 1. The van der Waals surface area contributed by atoms with Gasteiger partial charge in [0.15, 0.2) is 0 Å². The van der Waals surface area contributed by atoms with Crippen LogP contribution in [-0.4, -0.2) is 41.0 Å². The van der Waals surface area contributed by atoms with Crippen molar-refractivity contribution >= 4 is 11.9 Å². The molecule has 1 heterocycles. The molecule has 2 aromatic carbocycles. The Labute approximate surface area is 160 Å². The van der Waals surface area contributed by atoms with E-state index in [1.165, 1.54) is 17.2 Å². The SMILES string of the molecule is CCC(CNC(=O)Cc1cccc(C(=O)O)c1)N1CCc2ccccc2C1. The summed E-state index contributed by atoms with van der Waals surface area (Å²) in [6.45, 7) is 4.68. The van der Waals surface area contributed by atoms with Crippen molar-refractivity contribution in [2.24, 2.45) is 0 Å². The third-order valence-electron chi connectivity index (χ3n) is 5.22. The highest BCUT2D eigenvalue weighted by Gasteiger charge is 2.22. The van der Waals surface area contributed by atoms with E-state index in [1.807, 2.05) is 0 Å². The van der Waals surface area contributed by atoms with Crippen molar-refractivity contribution in [1.82, 2.24) is 10.2 Å². The average molecular weight is 366 g/mol. The number of rotatable bonds is 7. The Balaban J connectivity index is 1.54. The summed E-state index contributed by atoms with van der Waals surface area (Å²) in [5, 5.41) is 12.1. The average Bonchev–Trinajstić information content (AvgIpc) is 2.68. The van der Waals surface area contributed by atoms with Gasteiger partial charge in [0, 0.05) is 25.7 Å². The molecule has 0 spiro atoms.